The molecule has 6 nitrogen and oxygen atoms in total. The molecule has 0 spiro atoms. The number of hydrazine groups is 1. The molecule has 1 aromatic rings. The quantitative estimate of drug-likeness (QED) is 0.576. The summed E-state index contributed by atoms with van der Waals surface area (Å²) in [5, 5.41) is 12.7. The second-order valence-electron chi connectivity index (χ2n) is 5.59. The Bertz CT molecular complexity index is 530. The summed E-state index contributed by atoms with van der Waals surface area (Å²) in [4.78, 5) is 23.4. The van der Waals surface area contributed by atoms with E-state index in [1.807, 2.05) is 17.1 Å². The van der Waals surface area contributed by atoms with Gasteiger partial charge in [-0.15, -0.1) is 0 Å². The highest BCUT2D eigenvalue weighted by atomic mass is 16.5. The summed E-state index contributed by atoms with van der Waals surface area (Å²) in [5.74, 6) is -0.193. The lowest BCUT2D eigenvalue weighted by molar-refractivity contribution is -0.137. The zero-order valence-electron chi connectivity index (χ0n) is 13.5. The van der Waals surface area contributed by atoms with Crippen LogP contribution in [-0.4, -0.2) is 60.4 Å². The van der Waals surface area contributed by atoms with E-state index in [0.29, 0.717) is 18.5 Å². The zero-order valence-corrected chi connectivity index (χ0v) is 13.5. The van der Waals surface area contributed by atoms with Crippen molar-refractivity contribution in [2.75, 3.05) is 33.4 Å². The number of rotatable bonds is 8. The summed E-state index contributed by atoms with van der Waals surface area (Å²) in [6, 6.07) is 7.27. The maximum absolute atomic E-state index is 12.0. The fourth-order valence-electron chi connectivity index (χ4n) is 2.70. The van der Waals surface area contributed by atoms with Gasteiger partial charge in [-0.25, -0.2) is 9.80 Å². The molecule has 0 aliphatic carbocycles. The van der Waals surface area contributed by atoms with Crippen LogP contribution in [0.25, 0.3) is 0 Å². The molecule has 0 saturated carbocycles. The van der Waals surface area contributed by atoms with Gasteiger partial charge in [0.1, 0.15) is 0 Å². The van der Waals surface area contributed by atoms with Gasteiger partial charge in [-0.1, -0.05) is 12.1 Å². The van der Waals surface area contributed by atoms with Gasteiger partial charge in [-0.3, -0.25) is 9.80 Å². The number of aliphatic hydroxyl groups is 1. The van der Waals surface area contributed by atoms with Gasteiger partial charge in [0.15, 0.2) is 0 Å². The van der Waals surface area contributed by atoms with Gasteiger partial charge in [-0.2, -0.15) is 0 Å². The highest BCUT2D eigenvalue weighted by Gasteiger charge is 2.27. The van der Waals surface area contributed by atoms with E-state index < -0.39 is 0 Å². The number of hydrogen-bond acceptors (Lipinski definition) is 5. The van der Waals surface area contributed by atoms with Crippen molar-refractivity contribution in [2.45, 2.75) is 25.7 Å². The Hall–Kier alpha value is -1.92. The Morgan fingerprint density at radius 1 is 1.22 bits per heavy atom. The summed E-state index contributed by atoms with van der Waals surface area (Å²) >= 11 is 0. The molecule has 1 fully saturated rings. The van der Waals surface area contributed by atoms with Crippen molar-refractivity contribution in [1.82, 2.24) is 10.0 Å². The molecule has 1 aliphatic rings. The Labute approximate surface area is 136 Å². The zero-order chi connectivity index (χ0) is 16.7. The third-order valence-electron chi connectivity index (χ3n) is 4.02. The monoisotopic (exact) mass is 320 g/mol. The highest BCUT2D eigenvalue weighted by molar-refractivity contribution is 5.89. The largest absolute Gasteiger partial charge is 0.465 e. The molecule has 2 rings (SSSR count). The van der Waals surface area contributed by atoms with Crippen molar-refractivity contribution < 1.29 is 19.4 Å². The summed E-state index contributed by atoms with van der Waals surface area (Å²) in [6.45, 7) is 2.38. The number of amides is 1. The second kappa shape index (κ2) is 8.64. The predicted molar refractivity (Wildman–Crippen MR) is 85.7 cm³/mol. The van der Waals surface area contributed by atoms with E-state index in [1.165, 1.54) is 7.11 Å². The topological polar surface area (TPSA) is 70.1 Å². The number of carbonyl (C=O) groups is 2. The Morgan fingerprint density at radius 2 is 1.96 bits per heavy atom. The third-order valence-corrected chi connectivity index (χ3v) is 4.02. The number of methoxy groups -OCH3 is 1. The number of aliphatic hydroxyl groups excluding tert-OH is 1. The van der Waals surface area contributed by atoms with Crippen molar-refractivity contribution in [3.63, 3.8) is 0 Å². The molecule has 0 bridgehead atoms. The molecule has 0 radical (unpaired) electrons. The number of hydrogen-bond donors (Lipinski definition) is 1. The number of benzene rings is 1. The van der Waals surface area contributed by atoms with E-state index in [9.17, 15) is 9.59 Å². The van der Waals surface area contributed by atoms with Gasteiger partial charge in [0, 0.05) is 32.7 Å². The van der Waals surface area contributed by atoms with Crippen LogP contribution in [0.2, 0.25) is 0 Å². The summed E-state index contributed by atoms with van der Waals surface area (Å²) in [6.07, 6.45) is 2.94. The molecule has 1 N–H and O–H groups in total. The van der Waals surface area contributed by atoms with E-state index in [1.54, 1.807) is 12.1 Å². The van der Waals surface area contributed by atoms with Crippen LogP contribution in [0, 0.1) is 0 Å². The van der Waals surface area contributed by atoms with Gasteiger partial charge >= 0.3 is 5.97 Å². The Balaban J connectivity index is 1.87. The number of esters is 1. The molecule has 126 valence electrons. The number of carbonyl (C=O) groups excluding carboxylic acids is 2. The van der Waals surface area contributed by atoms with Crippen molar-refractivity contribution >= 4 is 11.9 Å². The van der Waals surface area contributed by atoms with Gasteiger partial charge in [0.25, 0.3) is 0 Å². The molecule has 1 amide bonds. The van der Waals surface area contributed by atoms with E-state index in [2.05, 4.69) is 9.75 Å². The smallest absolute Gasteiger partial charge is 0.337 e. The van der Waals surface area contributed by atoms with Crippen LogP contribution in [0.3, 0.4) is 0 Å². The molecule has 1 saturated heterocycles. The summed E-state index contributed by atoms with van der Waals surface area (Å²) in [5.41, 5.74) is 1.60. The molecule has 0 atom stereocenters. The van der Waals surface area contributed by atoms with E-state index in [0.717, 1.165) is 37.9 Å². The lowest BCUT2D eigenvalue weighted by atomic mass is 10.1. The Kier molecular flexibility index (Phi) is 6.55. The minimum absolute atomic E-state index is 0.153. The predicted octanol–water partition coefficient (Wildman–Crippen LogP) is 1.24. The van der Waals surface area contributed by atoms with E-state index >= 15 is 0 Å². The second-order valence-corrected chi connectivity index (χ2v) is 5.59. The maximum atomic E-state index is 12.0. The number of unbranched alkanes of at least 4 members (excludes halogenated alkanes) is 1. The first-order valence-corrected chi connectivity index (χ1v) is 7.99. The fourth-order valence-corrected chi connectivity index (χ4v) is 2.70. The first-order chi connectivity index (χ1) is 11.2. The average Bonchev–Trinajstić information content (AvgIpc) is 2.93. The van der Waals surface area contributed by atoms with Crippen molar-refractivity contribution in [3.8, 4) is 0 Å². The molecule has 0 aromatic heterocycles. The SMILES string of the molecule is COC(=O)c1ccc(CCN2C(=O)CCN2CCCCO)cc1. The fraction of sp³-hybridized carbons (Fsp3) is 0.529. The molecule has 0 unspecified atom stereocenters. The van der Waals surface area contributed by atoms with Crippen LogP contribution in [0.4, 0.5) is 0 Å². The van der Waals surface area contributed by atoms with Crippen molar-refractivity contribution in [1.29, 1.82) is 0 Å². The van der Waals surface area contributed by atoms with Crippen LogP contribution in [0.15, 0.2) is 24.3 Å². The average molecular weight is 320 g/mol. The number of ether oxygens (including phenoxy) is 1. The molecule has 1 aliphatic heterocycles. The van der Waals surface area contributed by atoms with Crippen LogP contribution in [0.5, 0.6) is 0 Å². The van der Waals surface area contributed by atoms with Crippen LogP contribution in [0.1, 0.15) is 35.2 Å². The first-order valence-electron chi connectivity index (χ1n) is 7.99. The highest BCUT2D eigenvalue weighted by Crippen LogP contribution is 2.15. The van der Waals surface area contributed by atoms with Crippen molar-refractivity contribution in [3.05, 3.63) is 35.4 Å². The first kappa shape index (κ1) is 17.4. The third kappa shape index (κ3) is 4.77. The lowest BCUT2D eigenvalue weighted by Crippen LogP contribution is -2.40. The Morgan fingerprint density at radius 3 is 2.61 bits per heavy atom. The normalized spacial score (nSPS) is 15.2. The minimum atomic E-state index is -0.346. The molecule has 1 heterocycles. The standard InChI is InChI=1S/C17H24N2O4/c1-23-17(22)15-6-4-14(5-7-15)8-12-19-16(21)9-11-18(19)10-2-3-13-20/h4-7,20H,2-3,8-13H2,1H3. The van der Waals surface area contributed by atoms with Gasteiger partial charge in [0.05, 0.1) is 12.7 Å². The minimum Gasteiger partial charge on any atom is -0.465 e. The summed E-state index contributed by atoms with van der Waals surface area (Å²) < 4.78 is 4.68. The van der Waals surface area contributed by atoms with Gasteiger partial charge in [0.2, 0.25) is 5.91 Å². The maximum Gasteiger partial charge on any atom is 0.337 e. The van der Waals surface area contributed by atoms with Crippen LogP contribution >= 0.6 is 0 Å². The molecule has 6 heteroatoms. The van der Waals surface area contributed by atoms with Gasteiger partial charge in [-0.05, 0) is 37.0 Å². The van der Waals surface area contributed by atoms with Crippen LogP contribution in [-0.2, 0) is 16.0 Å². The lowest BCUT2D eigenvalue weighted by Gasteiger charge is -2.28. The molecular weight excluding hydrogens is 296 g/mol. The molecule has 23 heavy (non-hydrogen) atoms. The van der Waals surface area contributed by atoms with E-state index in [-0.39, 0.29) is 18.5 Å². The van der Waals surface area contributed by atoms with E-state index in [4.69, 9.17) is 5.11 Å². The molecular formula is C17H24N2O4. The number of nitrogens with zero attached hydrogens (tertiary/aromatic N) is 2. The molecule has 1 aromatic carbocycles. The van der Waals surface area contributed by atoms with Crippen molar-refractivity contribution in [2.24, 2.45) is 0 Å². The van der Waals surface area contributed by atoms with Gasteiger partial charge < -0.3 is 9.84 Å². The summed E-state index contributed by atoms with van der Waals surface area (Å²) in [7, 11) is 1.36. The van der Waals surface area contributed by atoms with Crippen LogP contribution < -0.4 is 0 Å².